The largest absolute Gasteiger partial charge is 0.488 e. The van der Waals surface area contributed by atoms with Crippen LogP contribution in [0.5, 0.6) is 5.75 Å². The van der Waals surface area contributed by atoms with Gasteiger partial charge in [-0.25, -0.2) is 0 Å². The molecule has 5 heteroatoms. The summed E-state index contributed by atoms with van der Waals surface area (Å²) in [5, 5.41) is 24.3. The first-order valence-electron chi connectivity index (χ1n) is 11.3. The van der Waals surface area contributed by atoms with Crippen LogP contribution in [0.2, 0.25) is 0 Å². The van der Waals surface area contributed by atoms with Crippen molar-refractivity contribution >= 4 is 10.9 Å². The SMILES string of the molecule is CC(C)(O)c1ccc(-c2cc3c(-c4ccc(O[C@@H]5CCNC5)c(C#N)c4)cccc3[nH]2)cc1. The summed E-state index contributed by atoms with van der Waals surface area (Å²) in [4.78, 5) is 3.51. The van der Waals surface area contributed by atoms with Crippen LogP contribution in [0.1, 0.15) is 31.4 Å². The molecule has 1 saturated heterocycles. The zero-order valence-electron chi connectivity index (χ0n) is 18.9. The fourth-order valence-corrected chi connectivity index (χ4v) is 4.42. The van der Waals surface area contributed by atoms with E-state index in [1.165, 1.54) is 0 Å². The minimum Gasteiger partial charge on any atom is -0.488 e. The Hall–Kier alpha value is -3.59. The number of ether oxygens (including phenoxy) is 1. The fourth-order valence-electron chi connectivity index (χ4n) is 4.42. The van der Waals surface area contributed by atoms with Crippen LogP contribution in [-0.2, 0) is 5.60 Å². The number of benzene rings is 3. The maximum Gasteiger partial charge on any atom is 0.137 e. The van der Waals surface area contributed by atoms with E-state index in [2.05, 4.69) is 34.6 Å². The summed E-state index contributed by atoms with van der Waals surface area (Å²) in [6.45, 7) is 5.33. The molecule has 2 heterocycles. The third-order valence-corrected chi connectivity index (χ3v) is 6.29. The van der Waals surface area contributed by atoms with Crippen molar-refractivity contribution in [2.24, 2.45) is 0 Å². The lowest BCUT2D eigenvalue weighted by molar-refractivity contribution is 0.0786. The predicted octanol–water partition coefficient (Wildman–Crippen LogP) is 5.34. The number of fused-ring (bicyclic) bond motifs is 1. The van der Waals surface area contributed by atoms with E-state index < -0.39 is 5.60 Å². The van der Waals surface area contributed by atoms with Crippen LogP contribution in [0.25, 0.3) is 33.3 Å². The standard InChI is InChI=1S/C28H27N3O2/c1-28(2,32)21-9-6-18(7-10-21)26-15-24-23(4-3-5-25(24)31-26)19-8-11-27(20(14-19)16-29)33-22-12-13-30-17-22/h3-11,14-15,22,30-32H,12-13,17H2,1-2H3/t22-/m1/s1. The number of hydrogen-bond donors (Lipinski definition) is 3. The second kappa shape index (κ2) is 8.40. The van der Waals surface area contributed by atoms with Crippen LogP contribution in [-0.4, -0.2) is 29.3 Å². The number of aliphatic hydroxyl groups is 1. The maximum atomic E-state index is 10.2. The molecule has 5 nitrogen and oxygen atoms in total. The summed E-state index contributed by atoms with van der Waals surface area (Å²) in [5.41, 5.74) is 5.70. The van der Waals surface area contributed by atoms with E-state index in [4.69, 9.17) is 4.74 Å². The van der Waals surface area contributed by atoms with Gasteiger partial charge in [-0.05, 0) is 73.3 Å². The Bertz CT molecular complexity index is 1330. The smallest absolute Gasteiger partial charge is 0.137 e. The van der Waals surface area contributed by atoms with Crippen molar-refractivity contribution in [3.8, 4) is 34.2 Å². The van der Waals surface area contributed by atoms with Gasteiger partial charge in [0.25, 0.3) is 0 Å². The number of nitrogens with one attached hydrogen (secondary N) is 2. The van der Waals surface area contributed by atoms with E-state index in [-0.39, 0.29) is 6.10 Å². The zero-order valence-corrected chi connectivity index (χ0v) is 18.9. The van der Waals surface area contributed by atoms with Gasteiger partial charge in [0.15, 0.2) is 0 Å². The van der Waals surface area contributed by atoms with Gasteiger partial charge in [0, 0.05) is 23.1 Å². The Balaban J connectivity index is 1.50. The van der Waals surface area contributed by atoms with Crippen molar-refractivity contribution in [3.05, 3.63) is 77.9 Å². The number of nitrogens with zero attached hydrogens (tertiary/aromatic N) is 1. The molecule has 0 saturated carbocycles. The Morgan fingerprint density at radius 1 is 1.03 bits per heavy atom. The Morgan fingerprint density at radius 3 is 2.52 bits per heavy atom. The number of nitriles is 1. The van der Waals surface area contributed by atoms with Gasteiger partial charge in [-0.15, -0.1) is 0 Å². The summed E-state index contributed by atoms with van der Waals surface area (Å²) in [6.07, 6.45) is 1.07. The topological polar surface area (TPSA) is 81.1 Å². The zero-order chi connectivity index (χ0) is 23.0. The summed E-state index contributed by atoms with van der Waals surface area (Å²) >= 11 is 0. The minimum absolute atomic E-state index is 0.112. The molecule has 0 spiro atoms. The second-order valence-corrected chi connectivity index (χ2v) is 9.14. The van der Waals surface area contributed by atoms with E-state index in [0.717, 1.165) is 58.4 Å². The van der Waals surface area contributed by atoms with Gasteiger partial charge >= 0.3 is 0 Å². The van der Waals surface area contributed by atoms with E-state index in [1.54, 1.807) is 13.8 Å². The van der Waals surface area contributed by atoms with E-state index in [1.807, 2.05) is 48.5 Å². The van der Waals surface area contributed by atoms with Crippen molar-refractivity contribution in [2.75, 3.05) is 13.1 Å². The Morgan fingerprint density at radius 2 is 1.82 bits per heavy atom. The lowest BCUT2D eigenvalue weighted by atomic mass is 9.96. The third kappa shape index (κ3) is 4.23. The van der Waals surface area contributed by atoms with Gasteiger partial charge in [0.2, 0.25) is 0 Å². The molecule has 5 rings (SSSR count). The molecule has 0 aliphatic carbocycles. The molecule has 0 bridgehead atoms. The molecule has 3 aromatic carbocycles. The van der Waals surface area contributed by atoms with Crippen molar-refractivity contribution in [1.29, 1.82) is 5.26 Å². The maximum absolute atomic E-state index is 10.2. The van der Waals surface area contributed by atoms with Crippen LogP contribution in [0.3, 0.4) is 0 Å². The monoisotopic (exact) mass is 437 g/mol. The molecule has 0 amide bonds. The molecule has 1 aliphatic rings. The molecule has 0 radical (unpaired) electrons. The highest BCUT2D eigenvalue weighted by Crippen LogP contribution is 2.35. The molecule has 1 aliphatic heterocycles. The summed E-state index contributed by atoms with van der Waals surface area (Å²) in [5.74, 6) is 0.642. The fraction of sp³-hybridized carbons (Fsp3) is 0.250. The van der Waals surface area contributed by atoms with Gasteiger partial charge < -0.3 is 20.1 Å². The van der Waals surface area contributed by atoms with Crippen LogP contribution < -0.4 is 10.1 Å². The number of rotatable bonds is 5. The normalized spacial score (nSPS) is 16.1. The molecule has 4 aromatic rings. The summed E-state index contributed by atoms with van der Waals surface area (Å²) < 4.78 is 6.06. The minimum atomic E-state index is -0.866. The van der Waals surface area contributed by atoms with Gasteiger partial charge in [-0.2, -0.15) is 5.26 Å². The molecular weight excluding hydrogens is 410 g/mol. The quantitative estimate of drug-likeness (QED) is 0.394. The molecule has 33 heavy (non-hydrogen) atoms. The first-order valence-corrected chi connectivity index (χ1v) is 11.3. The van der Waals surface area contributed by atoms with E-state index in [0.29, 0.717) is 11.3 Å². The molecule has 1 fully saturated rings. The number of aromatic nitrogens is 1. The number of hydrogen-bond acceptors (Lipinski definition) is 4. The van der Waals surface area contributed by atoms with Gasteiger partial charge in [0.05, 0.1) is 11.2 Å². The Labute approximate surface area is 193 Å². The van der Waals surface area contributed by atoms with Crippen LogP contribution in [0.15, 0.2) is 66.7 Å². The summed E-state index contributed by atoms with van der Waals surface area (Å²) in [6, 6.07) is 24.4. The van der Waals surface area contributed by atoms with Crippen LogP contribution in [0, 0.1) is 11.3 Å². The van der Waals surface area contributed by atoms with Crippen molar-refractivity contribution in [2.45, 2.75) is 32.0 Å². The van der Waals surface area contributed by atoms with Crippen LogP contribution >= 0.6 is 0 Å². The number of aromatic amines is 1. The number of H-pyrrole nitrogens is 1. The van der Waals surface area contributed by atoms with E-state index >= 15 is 0 Å². The molecule has 1 aromatic heterocycles. The first kappa shape index (κ1) is 21.3. The van der Waals surface area contributed by atoms with E-state index in [9.17, 15) is 10.4 Å². The second-order valence-electron chi connectivity index (χ2n) is 9.14. The average molecular weight is 438 g/mol. The average Bonchev–Trinajstić information content (AvgIpc) is 3.48. The van der Waals surface area contributed by atoms with Gasteiger partial charge in [0.1, 0.15) is 17.9 Å². The first-order chi connectivity index (χ1) is 15.9. The predicted molar refractivity (Wildman–Crippen MR) is 131 cm³/mol. The highest BCUT2D eigenvalue weighted by Gasteiger charge is 2.19. The summed E-state index contributed by atoms with van der Waals surface area (Å²) in [7, 11) is 0. The van der Waals surface area contributed by atoms with Gasteiger partial charge in [-0.1, -0.05) is 42.5 Å². The molecule has 0 unspecified atom stereocenters. The van der Waals surface area contributed by atoms with Crippen LogP contribution in [0.4, 0.5) is 0 Å². The highest BCUT2D eigenvalue weighted by molar-refractivity contribution is 5.98. The molecular formula is C28H27N3O2. The lowest BCUT2D eigenvalue weighted by Gasteiger charge is -2.17. The lowest BCUT2D eigenvalue weighted by Crippen LogP contribution is -2.20. The molecule has 3 N–H and O–H groups in total. The molecule has 1 atom stereocenters. The highest BCUT2D eigenvalue weighted by atomic mass is 16.5. The molecule has 166 valence electrons. The van der Waals surface area contributed by atoms with Crippen molar-refractivity contribution < 1.29 is 9.84 Å². The third-order valence-electron chi connectivity index (χ3n) is 6.29. The van der Waals surface area contributed by atoms with Crippen molar-refractivity contribution in [3.63, 3.8) is 0 Å². The van der Waals surface area contributed by atoms with Gasteiger partial charge in [-0.3, -0.25) is 0 Å². The Kier molecular flexibility index (Phi) is 5.41. The van der Waals surface area contributed by atoms with Crippen molar-refractivity contribution in [1.82, 2.24) is 10.3 Å².